The van der Waals surface area contributed by atoms with E-state index in [2.05, 4.69) is 24.1 Å². The lowest BCUT2D eigenvalue weighted by molar-refractivity contribution is 0.525. The molecule has 1 aromatic rings. The van der Waals surface area contributed by atoms with Crippen LogP contribution in [0.5, 0.6) is 0 Å². The van der Waals surface area contributed by atoms with E-state index in [1.54, 1.807) is 10.8 Å². The zero-order valence-electron chi connectivity index (χ0n) is 9.66. The molecule has 0 saturated carbocycles. The summed E-state index contributed by atoms with van der Waals surface area (Å²) in [6.45, 7) is 7.82. The Morgan fingerprint density at radius 2 is 2.27 bits per heavy atom. The average molecular weight is 209 g/mol. The van der Waals surface area contributed by atoms with E-state index >= 15 is 0 Å². The van der Waals surface area contributed by atoms with Crippen molar-refractivity contribution in [3.05, 3.63) is 28.4 Å². The van der Waals surface area contributed by atoms with E-state index < -0.39 is 0 Å². The second-order valence-electron chi connectivity index (χ2n) is 4.07. The Bertz CT molecular complexity index is 357. The van der Waals surface area contributed by atoms with Crippen molar-refractivity contribution in [2.45, 2.75) is 39.8 Å². The molecule has 15 heavy (non-hydrogen) atoms. The van der Waals surface area contributed by atoms with Crippen LogP contribution in [0.3, 0.4) is 0 Å². The molecule has 0 aromatic carbocycles. The van der Waals surface area contributed by atoms with E-state index in [9.17, 15) is 4.79 Å². The average Bonchev–Trinajstić information content (AvgIpc) is 2.17. The molecule has 1 aromatic heterocycles. The van der Waals surface area contributed by atoms with Gasteiger partial charge in [0, 0.05) is 25.0 Å². The van der Waals surface area contributed by atoms with Gasteiger partial charge in [-0.15, -0.1) is 0 Å². The molecule has 0 atom stereocenters. The molecule has 0 saturated heterocycles. The molecule has 0 aliphatic heterocycles. The van der Waals surface area contributed by atoms with Crippen LogP contribution in [0.4, 0.5) is 0 Å². The van der Waals surface area contributed by atoms with E-state index in [0.29, 0.717) is 6.04 Å². The highest BCUT2D eigenvalue weighted by molar-refractivity contribution is 4.99. The van der Waals surface area contributed by atoms with Gasteiger partial charge in [-0.25, -0.2) is 9.78 Å². The maximum atomic E-state index is 11.3. The quantitative estimate of drug-likeness (QED) is 0.734. The van der Waals surface area contributed by atoms with Gasteiger partial charge in [-0.3, -0.25) is 4.57 Å². The van der Waals surface area contributed by atoms with Crippen LogP contribution in [0, 0.1) is 6.92 Å². The van der Waals surface area contributed by atoms with Crippen molar-refractivity contribution < 1.29 is 0 Å². The van der Waals surface area contributed by atoms with Gasteiger partial charge >= 0.3 is 5.69 Å². The highest BCUT2D eigenvalue weighted by Crippen LogP contribution is 1.91. The fourth-order valence-corrected chi connectivity index (χ4v) is 1.37. The van der Waals surface area contributed by atoms with Crippen LogP contribution in [-0.2, 0) is 6.54 Å². The van der Waals surface area contributed by atoms with Crippen molar-refractivity contribution in [1.29, 1.82) is 0 Å². The van der Waals surface area contributed by atoms with Gasteiger partial charge in [-0.2, -0.15) is 0 Å². The van der Waals surface area contributed by atoms with Crippen LogP contribution in [0.25, 0.3) is 0 Å². The van der Waals surface area contributed by atoms with Crippen molar-refractivity contribution in [2.24, 2.45) is 0 Å². The lowest BCUT2D eigenvalue weighted by atomic mass is 10.3. The zero-order valence-corrected chi connectivity index (χ0v) is 9.66. The number of nitrogens with one attached hydrogen (secondary N) is 1. The van der Waals surface area contributed by atoms with Gasteiger partial charge < -0.3 is 5.32 Å². The van der Waals surface area contributed by atoms with Gasteiger partial charge in [0.1, 0.15) is 0 Å². The normalized spacial score (nSPS) is 10.9. The molecule has 0 unspecified atom stereocenters. The highest BCUT2D eigenvalue weighted by atomic mass is 16.1. The van der Waals surface area contributed by atoms with Gasteiger partial charge in [0.15, 0.2) is 0 Å². The van der Waals surface area contributed by atoms with Crippen molar-refractivity contribution in [1.82, 2.24) is 14.9 Å². The van der Waals surface area contributed by atoms with E-state index in [-0.39, 0.29) is 5.69 Å². The summed E-state index contributed by atoms with van der Waals surface area (Å²) < 4.78 is 1.66. The fourth-order valence-electron chi connectivity index (χ4n) is 1.37. The Morgan fingerprint density at radius 1 is 1.53 bits per heavy atom. The molecule has 1 rings (SSSR count). The smallest absolute Gasteiger partial charge is 0.314 e. The maximum absolute atomic E-state index is 11.3. The summed E-state index contributed by atoms with van der Waals surface area (Å²) in [5, 5.41) is 3.31. The van der Waals surface area contributed by atoms with Crippen LogP contribution < -0.4 is 11.0 Å². The largest absolute Gasteiger partial charge is 0.347 e. The minimum absolute atomic E-state index is 0.162. The molecule has 0 amide bonds. The molecule has 4 nitrogen and oxygen atoms in total. The minimum atomic E-state index is -0.162. The molecule has 0 aliphatic carbocycles. The van der Waals surface area contributed by atoms with E-state index in [1.807, 2.05) is 13.1 Å². The molecular formula is C11H19N3O. The summed E-state index contributed by atoms with van der Waals surface area (Å²) in [6.07, 6.45) is 4.40. The molecular weight excluding hydrogens is 190 g/mol. The summed E-state index contributed by atoms with van der Waals surface area (Å²) in [4.78, 5) is 15.1. The third-order valence-corrected chi connectivity index (χ3v) is 2.11. The lowest BCUT2D eigenvalue weighted by Crippen LogP contribution is -2.27. The fraction of sp³-hybridized carbons (Fsp3) is 0.636. The number of hydrogen-bond acceptors (Lipinski definition) is 3. The Labute approximate surface area is 90.3 Å². The third kappa shape index (κ3) is 4.25. The highest BCUT2D eigenvalue weighted by Gasteiger charge is 1.97. The molecule has 0 radical (unpaired) electrons. The summed E-state index contributed by atoms with van der Waals surface area (Å²) in [7, 11) is 0. The minimum Gasteiger partial charge on any atom is -0.314 e. The molecule has 1 N–H and O–H groups in total. The number of rotatable bonds is 5. The maximum Gasteiger partial charge on any atom is 0.347 e. The summed E-state index contributed by atoms with van der Waals surface area (Å²) in [5.74, 6) is 0. The number of hydrogen-bond donors (Lipinski definition) is 1. The SMILES string of the molecule is Cc1cnc(=O)n(CCCNC(C)C)c1. The zero-order chi connectivity index (χ0) is 11.3. The Balaban J connectivity index is 2.43. The van der Waals surface area contributed by atoms with Crippen LogP contribution in [-0.4, -0.2) is 22.1 Å². The molecule has 1 heterocycles. The van der Waals surface area contributed by atoms with Crippen LogP contribution in [0.1, 0.15) is 25.8 Å². The molecule has 4 heteroatoms. The predicted molar refractivity (Wildman–Crippen MR) is 61.0 cm³/mol. The first-order valence-electron chi connectivity index (χ1n) is 5.36. The molecule has 0 spiro atoms. The first kappa shape index (κ1) is 11.9. The van der Waals surface area contributed by atoms with Gasteiger partial charge in [-0.05, 0) is 25.5 Å². The number of aromatic nitrogens is 2. The number of nitrogens with zero attached hydrogens (tertiary/aromatic N) is 2. The molecule has 84 valence electrons. The summed E-state index contributed by atoms with van der Waals surface area (Å²) >= 11 is 0. The van der Waals surface area contributed by atoms with Crippen LogP contribution >= 0.6 is 0 Å². The molecule has 0 bridgehead atoms. The van der Waals surface area contributed by atoms with Crippen molar-refractivity contribution in [3.8, 4) is 0 Å². The van der Waals surface area contributed by atoms with Crippen molar-refractivity contribution >= 4 is 0 Å². The van der Waals surface area contributed by atoms with Gasteiger partial charge in [0.2, 0.25) is 0 Å². The standard InChI is InChI=1S/C11H19N3O/c1-9(2)12-5-4-6-14-8-10(3)7-13-11(14)15/h7-9,12H,4-6H2,1-3H3. The summed E-state index contributed by atoms with van der Waals surface area (Å²) in [5.41, 5.74) is 0.858. The lowest BCUT2D eigenvalue weighted by Gasteiger charge is -2.08. The van der Waals surface area contributed by atoms with E-state index in [0.717, 1.165) is 25.1 Å². The van der Waals surface area contributed by atoms with E-state index in [1.165, 1.54) is 0 Å². The third-order valence-electron chi connectivity index (χ3n) is 2.11. The summed E-state index contributed by atoms with van der Waals surface area (Å²) in [6, 6.07) is 0.498. The van der Waals surface area contributed by atoms with Crippen molar-refractivity contribution in [2.75, 3.05) is 6.54 Å². The van der Waals surface area contributed by atoms with Crippen LogP contribution in [0.2, 0.25) is 0 Å². The second kappa shape index (κ2) is 5.66. The van der Waals surface area contributed by atoms with Gasteiger partial charge in [0.25, 0.3) is 0 Å². The van der Waals surface area contributed by atoms with Gasteiger partial charge in [0.05, 0.1) is 0 Å². The topological polar surface area (TPSA) is 46.9 Å². The Hall–Kier alpha value is -1.16. The van der Waals surface area contributed by atoms with E-state index in [4.69, 9.17) is 0 Å². The first-order valence-corrected chi connectivity index (χ1v) is 5.36. The molecule has 0 fully saturated rings. The monoisotopic (exact) mass is 209 g/mol. The van der Waals surface area contributed by atoms with Gasteiger partial charge in [-0.1, -0.05) is 13.8 Å². The Morgan fingerprint density at radius 3 is 2.93 bits per heavy atom. The van der Waals surface area contributed by atoms with Crippen LogP contribution in [0.15, 0.2) is 17.2 Å². The number of aryl methyl sites for hydroxylation is 2. The van der Waals surface area contributed by atoms with Crippen molar-refractivity contribution in [3.63, 3.8) is 0 Å². The molecule has 0 aliphatic rings. The predicted octanol–water partition coefficient (Wildman–Crippen LogP) is 0.940. The first-order chi connectivity index (χ1) is 7.09. The Kier molecular flexibility index (Phi) is 4.49. The second-order valence-corrected chi connectivity index (χ2v) is 4.07.